The minimum atomic E-state index is -3.87. The van der Waals surface area contributed by atoms with Gasteiger partial charge in [0.25, 0.3) is 0 Å². The lowest BCUT2D eigenvalue weighted by Crippen LogP contribution is -2.38. The van der Waals surface area contributed by atoms with Crippen LogP contribution in [0.1, 0.15) is 18.4 Å². The van der Waals surface area contributed by atoms with Crippen molar-refractivity contribution in [3.05, 3.63) is 28.0 Å². The van der Waals surface area contributed by atoms with Crippen LogP contribution < -0.4 is 10.5 Å². The number of nitrogens with two attached hydrogens (primary N) is 1. The Morgan fingerprint density at radius 1 is 1.50 bits per heavy atom. The molecule has 3 N–H and O–H groups in total. The van der Waals surface area contributed by atoms with E-state index >= 15 is 0 Å². The molecule has 1 aliphatic rings. The van der Waals surface area contributed by atoms with E-state index in [1.807, 2.05) is 0 Å². The highest BCUT2D eigenvalue weighted by atomic mass is 79.9. The van der Waals surface area contributed by atoms with Gasteiger partial charge in [-0.05, 0) is 30.7 Å². The number of nitrogens with one attached hydrogen (secondary N) is 1. The van der Waals surface area contributed by atoms with E-state index in [2.05, 4.69) is 20.7 Å². The zero-order valence-corrected chi connectivity index (χ0v) is 14.0. The van der Waals surface area contributed by atoms with Crippen LogP contribution in [0, 0.1) is 5.82 Å². The van der Waals surface area contributed by atoms with Crippen molar-refractivity contribution in [1.29, 1.82) is 0 Å². The molecule has 1 aliphatic heterocycles. The molecule has 0 bridgehead atoms. The summed E-state index contributed by atoms with van der Waals surface area (Å²) in [7, 11) is -3.87. The topological polar surface area (TPSA) is 72.2 Å². The summed E-state index contributed by atoms with van der Waals surface area (Å²) in [6.45, 7) is -0.0485. The van der Waals surface area contributed by atoms with Gasteiger partial charge in [0, 0.05) is 28.4 Å². The zero-order valence-electron chi connectivity index (χ0n) is 10.7. The Balaban J connectivity index is 2.31. The molecule has 1 fully saturated rings. The summed E-state index contributed by atoms with van der Waals surface area (Å²) in [4.78, 5) is -0.345. The molecule has 1 atom stereocenters. The maximum Gasteiger partial charge on any atom is 0.243 e. The number of thioether (sulfide) groups is 1. The van der Waals surface area contributed by atoms with Crippen molar-refractivity contribution in [2.24, 2.45) is 5.73 Å². The minimum Gasteiger partial charge on any atom is -0.326 e. The van der Waals surface area contributed by atoms with Crippen LogP contribution in [0.5, 0.6) is 0 Å². The third kappa shape index (κ3) is 3.73. The third-order valence-corrected chi connectivity index (χ3v) is 6.26. The van der Waals surface area contributed by atoms with Crippen molar-refractivity contribution < 1.29 is 12.8 Å². The van der Waals surface area contributed by atoms with Crippen LogP contribution in [-0.2, 0) is 16.6 Å². The lowest BCUT2D eigenvalue weighted by molar-refractivity contribution is 0.527. The van der Waals surface area contributed by atoms with Crippen LogP contribution in [0.3, 0.4) is 0 Å². The summed E-state index contributed by atoms with van der Waals surface area (Å²) < 4.78 is 41.9. The lowest BCUT2D eigenvalue weighted by atomic mass is 10.2. The molecule has 0 saturated carbocycles. The van der Waals surface area contributed by atoms with Gasteiger partial charge in [0.05, 0.1) is 0 Å². The van der Waals surface area contributed by atoms with Gasteiger partial charge in [-0.15, -0.1) is 0 Å². The molecule has 20 heavy (non-hydrogen) atoms. The molecule has 112 valence electrons. The van der Waals surface area contributed by atoms with Crippen LogP contribution in [0.2, 0.25) is 0 Å². The Bertz CT molecular complexity index is 589. The average molecular weight is 383 g/mol. The van der Waals surface area contributed by atoms with Crippen molar-refractivity contribution in [3.8, 4) is 0 Å². The Labute approximate surface area is 130 Å². The maximum atomic E-state index is 14.2. The van der Waals surface area contributed by atoms with E-state index in [0.717, 1.165) is 24.3 Å². The fourth-order valence-corrected chi connectivity index (χ4v) is 5.33. The molecule has 1 heterocycles. The molecule has 1 aromatic rings. The zero-order chi connectivity index (χ0) is 14.8. The summed E-state index contributed by atoms with van der Waals surface area (Å²) in [5.41, 5.74) is 5.62. The number of hydrogen-bond donors (Lipinski definition) is 2. The molecule has 0 radical (unpaired) electrons. The largest absolute Gasteiger partial charge is 0.326 e. The number of halogens is 2. The highest BCUT2D eigenvalue weighted by Gasteiger charge is 2.26. The van der Waals surface area contributed by atoms with E-state index in [4.69, 9.17) is 5.73 Å². The summed E-state index contributed by atoms with van der Waals surface area (Å²) in [6.07, 6.45) is 1.75. The Kier molecular flexibility index (Phi) is 5.47. The van der Waals surface area contributed by atoms with Crippen LogP contribution in [0.4, 0.5) is 4.39 Å². The molecular formula is C12H16BrFN2O2S2. The second kappa shape index (κ2) is 6.74. The van der Waals surface area contributed by atoms with E-state index < -0.39 is 15.8 Å². The maximum absolute atomic E-state index is 14.2. The van der Waals surface area contributed by atoms with Crippen LogP contribution in [0.25, 0.3) is 0 Å². The summed E-state index contributed by atoms with van der Waals surface area (Å²) in [6, 6.07) is 2.62. The average Bonchev–Trinajstić information content (AvgIpc) is 2.41. The monoisotopic (exact) mass is 382 g/mol. The van der Waals surface area contributed by atoms with Gasteiger partial charge in [0.15, 0.2) is 0 Å². The van der Waals surface area contributed by atoms with Crippen molar-refractivity contribution in [3.63, 3.8) is 0 Å². The minimum absolute atomic E-state index is 0.0485. The molecule has 0 amide bonds. The predicted molar refractivity (Wildman–Crippen MR) is 82.7 cm³/mol. The molecule has 0 aromatic heterocycles. The number of rotatable bonds is 4. The van der Waals surface area contributed by atoms with Crippen LogP contribution in [0.15, 0.2) is 21.5 Å². The second-order valence-electron chi connectivity index (χ2n) is 4.62. The number of hydrogen-bond acceptors (Lipinski definition) is 4. The number of sulfonamides is 1. The fraction of sp³-hybridized carbons (Fsp3) is 0.500. The van der Waals surface area contributed by atoms with Crippen molar-refractivity contribution >= 4 is 37.7 Å². The van der Waals surface area contributed by atoms with Crippen molar-refractivity contribution in [2.45, 2.75) is 30.3 Å². The van der Waals surface area contributed by atoms with Gasteiger partial charge in [-0.1, -0.05) is 15.9 Å². The molecule has 0 spiro atoms. The van der Waals surface area contributed by atoms with E-state index in [1.54, 1.807) is 11.8 Å². The Morgan fingerprint density at radius 2 is 2.25 bits per heavy atom. The normalized spacial score (nSPS) is 20.1. The SMILES string of the molecule is NCc1cc(Br)cc(S(=O)(=O)NC2CCCSC2)c1F. The van der Waals surface area contributed by atoms with Gasteiger partial charge < -0.3 is 5.73 Å². The standard InChI is InChI=1S/C12H16BrFN2O2S2/c13-9-4-8(6-15)12(14)11(5-9)20(17,18)16-10-2-1-3-19-7-10/h4-5,10,16H,1-3,6-7,15H2. The molecule has 1 unspecified atom stereocenters. The van der Waals surface area contributed by atoms with Gasteiger partial charge in [-0.3, -0.25) is 0 Å². The van der Waals surface area contributed by atoms with E-state index in [9.17, 15) is 12.8 Å². The van der Waals surface area contributed by atoms with Gasteiger partial charge in [0.1, 0.15) is 10.7 Å². The van der Waals surface area contributed by atoms with E-state index in [-0.39, 0.29) is 23.0 Å². The van der Waals surface area contributed by atoms with Crippen molar-refractivity contribution in [1.82, 2.24) is 4.72 Å². The summed E-state index contributed by atoms with van der Waals surface area (Å²) in [5, 5.41) is 0. The first-order valence-electron chi connectivity index (χ1n) is 6.22. The quantitative estimate of drug-likeness (QED) is 0.837. The Hall–Kier alpha value is -0.150. The van der Waals surface area contributed by atoms with E-state index in [1.165, 1.54) is 12.1 Å². The van der Waals surface area contributed by atoms with E-state index in [0.29, 0.717) is 4.47 Å². The Morgan fingerprint density at radius 3 is 2.85 bits per heavy atom. The fourth-order valence-electron chi connectivity index (χ4n) is 2.08. The molecule has 0 aliphatic carbocycles. The number of benzene rings is 1. The predicted octanol–water partition coefficient (Wildman–Crippen LogP) is 2.22. The first-order chi connectivity index (χ1) is 9.44. The highest BCUT2D eigenvalue weighted by Crippen LogP contribution is 2.25. The van der Waals surface area contributed by atoms with Crippen LogP contribution in [-0.4, -0.2) is 26.0 Å². The first-order valence-corrected chi connectivity index (χ1v) is 9.65. The molecule has 1 aromatic carbocycles. The van der Waals surface area contributed by atoms with Gasteiger partial charge in [-0.25, -0.2) is 17.5 Å². The molecule has 4 nitrogen and oxygen atoms in total. The smallest absolute Gasteiger partial charge is 0.243 e. The van der Waals surface area contributed by atoms with Crippen molar-refractivity contribution in [2.75, 3.05) is 11.5 Å². The summed E-state index contributed by atoms with van der Waals surface area (Å²) in [5.74, 6) is 0.992. The first kappa shape index (κ1) is 16.2. The molecule has 8 heteroatoms. The molecular weight excluding hydrogens is 367 g/mol. The van der Waals surface area contributed by atoms with Gasteiger partial charge in [0.2, 0.25) is 10.0 Å². The highest BCUT2D eigenvalue weighted by molar-refractivity contribution is 9.10. The second-order valence-corrected chi connectivity index (χ2v) is 8.36. The lowest BCUT2D eigenvalue weighted by Gasteiger charge is -2.22. The van der Waals surface area contributed by atoms with Gasteiger partial charge in [-0.2, -0.15) is 11.8 Å². The molecule has 1 saturated heterocycles. The van der Waals surface area contributed by atoms with Crippen LogP contribution >= 0.6 is 27.7 Å². The summed E-state index contributed by atoms with van der Waals surface area (Å²) >= 11 is 4.89. The third-order valence-electron chi connectivity index (χ3n) is 3.07. The molecule has 2 rings (SSSR count). The van der Waals surface area contributed by atoms with Gasteiger partial charge >= 0.3 is 0 Å².